The van der Waals surface area contributed by atoms with E-state index in [0.717, 1.165) is 6.29 Å². The molecule has 0 aromatic carbocycles. The number of nitrogens with zero attached hydrogens (tertiary/aromatic N) is 3. The Morgan fingerprint density at radius 1 is 1.39 bits per heavy atom. The summed E-state index contributed by atoms with van der Waals surface area (Å²) in [5.41, 5.74) is 0.578. The topological polar surface area (TPSA) is 53.5 Å². The van der Waals surface area contributed by atoms with Gasteiger partial charge in [0.2, 0.25) is 5.91 Å². The molecule has 5 nitrogen and oxygen atoms in total. The normalized spacial score (nSPS) is 15.6. The third-order valence-electron chi connectivity index (χ3n) is 2.99. The maximum Gasteiger partial charge on any atom is 0.237 e. The summed E-state index contributed by atoms with van der Waals surface area (Å²) in [6.07, 6.45) is 2.47. The minimum absolute atomic E-state index is 0.0170. The zero-order chi connectivity index (χ0) is 13.0. The summed E-state index contributed by atoms with van der Waals surface area (Å²) in [6.45, 7) is 2.56. The highest BCUT2D eigenvalue weighted by molar-refractivity contribution is 6.27. The molecule has 0 atom stereocenters. The third-order valence-corrected chi connectivity index (χ3v) is 3.22. The van der Waals surface area contributed by atoms with Crippen LogP contribution in [-0.2, 0) is 4.79 Å². The van der Waals surface area contributed by atoms with E-state index in [2.05, 4.69) is 4.98 Å². The lowest BCUT2D eigenvalue weighted by atomic mass is 10.2. The van der Waals surface area contributed by atoms with Gasteiger partial charge in [0.05, 0.1) is 5.56 Å². The summed E-state index contributed by atoms with van der Waals surface area (Å²) in [6, 6.07) is 3.48. The number of rotatable bonds is 3. The van der Waals surface area contributed by atoms with Gasteiger partial charge >= 0.3 is 0 Å². The summed E-state index contributed by atoms with van der Waals surface area (Å²) < 4.78 is 0. The smallest absolute Gasteiger partial charge is 0.237 e. The molecule has 6 heteroatoms. The maximum absolute atomic E-state index is 11.4. The lowest BCUT2D eigenvalue weighted by Crippen LogP contribution is -2.49. The zero-order valence-electron chi connectivity index (χ0n) is 9.88. The molecule has 18 heavy (non-hydrogen) atoms. The molecule has 1 fully saturated rings. The molecular formula is C12H14ClN3O2. The van der Waals surface area contributed by atoms with Crippen molar-refractivity contribution in [3.8, 4) is 0 Å². The van der Waals surface area contributed by atoms with E-state index in [1.54, 1.807) is 23.2 Å². The monoisotopic (exact) mass is 267 g/mol. The van der Waals surface area contributed by atoms with Crippen LogP contribution < -0.4 is 4.90 Å². The van der Waals surface area contributed by atoms with Crippen LogP contribution in [0.3, 0.4) is 0 Å². The highest BCUT2D eigenvalue weighted by atomic mass is 35.5. The van der Waals surface area contributed by atoms with Crippen LogP contribution in [0, 0.1) is 0 Å². The molecule has 1 aromatic rings. The van der Waals surface area contributed by atoms with Crippen molar-refractivity contribution in [2.24, 2.45) is 0 Å². The number of hydrogen-bond acceptors (Lipinski definition) is 4. The quantitative estimate of drug-likeness (QED) is 0.600. The average Bonchev–Trinajstić information content (AvgIpc) is 2.46. The minimum atomic E-state index is -0.0482. The van der Waals surface area contributed by atoms with E-state index in [4.69, 9.17) is 11.6 Å². The molecule has 2 heterocycles. The van der Waals surface area contributed by atoms with Crippen LogP contribution in [0.1, 0.15) is 10.4 Å². The Hall–Kier alpha value is -1.62. The van der Waals surface area contributed by atoms with Crippen LogP contribution in [-0.4, -0.2) is 54.1 Å². The average molecular weight is 268 g/mol. The molecular weight excluding hydrogens is 254 g/mol. The fourth-order valence-corrected chi connectivity index (χ4v) is 2.19. The number of pyridine rings is 1. The van der Waals surface area contributed by atoms with Gasteiger partial charge in [-0.3, -0.25) is 9.59 Å². The molecule has 1 aromatic heterocycles. The molecule has 0 saturated carbocycles. The number of hydrogen-bond donors (Lipinski definition) is 0. The first kappa shape index (κ1) is 12.8. The van der Waals surface area contributed by atoms with Gasteiger partial charge in [0.1, 0.15) is 11.7 Å². The van der Waals surface area contributed by atoms with Gasteiger partial charge < -0.3 is 9.80 Å². The van der Waals surface area contributed by atoms with Crippen molar-refractivity contribution >= 4 is 29.6 Å². The molecule has 1 saturated heterocycles. The van der Waals surface area contributed by atoms with Crippen LogP contribution >= 0.6 is 11.6 Å². The number of aromatic nitrogens is 1. The van der Waals surface area contributed by atoms with Crippen molar-refractivity contribution in [1.82, 2.24) is 9.88 Å². The van der Waals surface area contributed by atoms with Crippen molar-refractivity contribution in [2.75, 3.05) is 37.0 Å². The molecule has 0 aliphatic carbocycles. The maximum atomic E-state index is 11.4. The molecule has 0 bridgehead atoms. The Bertz CT molecular complexity index is 445. The molecule has 1 aliphatic rings. The van der Waals surface area contributed by atoms with E-state index in [1.165, 1.54) is 0 Å². The number of amides is 1. The standard InChI is InChI=1S/C12H14ClN3O2/c13-8-11(18)15-4-6-16(7-5-15)12-10(9-17)2-1-3-14-12/h1-3,9H,4-8H2. The summed E-state index contributed by atoms with van der Waals surface area (Å²) in [7, 11) is 0. The fourth-order valence-electron chi connectivity index (χ4n) is 2.02. The number of aldehydes is 1. The van der Waals surface area contributed by atoms with Crippen LogP contribution in [0.4, 0.5) is 5.82 Å². The Balaban J connectivity index is 2.05. The Morgan fingerprint density at radius 2 is 2.11 bits per heavy atom. The largest absolute Gasteiger partial charge is 0.352 e. The van der Waals surface area contributed by atoms with E-state index in [1.807, 2.05) is 4.90 Å². The van der Waals surface area contributed by atoms with E-state index < -0.39 is 0 Å². The molecule has 2 rings (SSSR count). The van der Waals surface area contributed by atoms with Crippen LogP contribution in [0.5, 0.6) is 0 Å². The van der Waals surface area contributed by atoms with Crippen LogP contribution in [0.25, 0.3) is 0 Å². The number of piperazine rings is 1. The first-order valence-corrected chi connectivity index (χ1v) is 6.28. The van der Waals surface area contributed by atoms with E-state index in [-0.39, 0.29) is 11.8 Å². The second-order valence-corrected chi connectivity index (χ2v) is 4.30. The number of anilines is 1. The molecule has 96 valence electrons. The lowest BCUT2D eigenvalue weighted by molar-refractivity contribution is -0.128. The van der Waals surface area contributed by atoms with Gasteiger partial charge in [0, 0.05) is 32.4 Å². The predicted octanol–water partition coefficient (Wildman–Crippen LogP) is 0.781. The molecule has 0 N–H and O–H groups in total. The van der Waals surface area contributed by atoms with Crippen LogP contribution in [0.2, 0.25) is 0 Å². The van der Waals surface area contributed by atoms with Gasteiger partial charge in [0.25, 0.3) is 0 Å². The van der Waals surface area contributed by atoms with Crippen molar-refractivity contribution in [2.45, 2.75) is 0 Å². The van der Waals surface area contributed by atoms with E-state index in [9.17, 15) is 9.59 Å². The molecule has 1 aliphatic heterocycles. The van der Waals surface area contributed by atoms with Gasteiger partial charge in [-0.05, 0) is 12.1 Å². The van der Waals surface area contributed by atoms with Gasteiger partial charge in [0.15, 0.2) is 6.29 Å². The zero-order valence-corrected chi connectivity index (χ0v) is 10.6. The first-order valence-electron chi connectivity index (χ1n) is 5.75. The number of carbonyl (C=O) groups excluding carboxylic acids is 2. The fraction of sp³-hybridized carbons (Fsp3) is 0.417. The highest BCUT2D eigenvalue weighted by Crippen LogP contribution is 2.17. The lowest BCUT2D eigenvalue weighted by Gasteiger charge is -2.35. The van der Waals surface area contributed by atoms with Crippen molar-refractivity contribution in [3.05, 3.63) is 23.9 Å². The molecule has 0 radical (unpaired) electrons. The summed E-state index contributed by atoms with van der Waals surface area (Å²) in [4.78, 5) is 30.4. The highest BCUT2D eigenvalue weighted by Gasteiger charge is 2.22. The SMILES string of the molecule is O=Cc1cccnc1N1CCN(C(=O)CCl)CC1. The molecule has 0 unspecified atom stereocenters. The number of alkyl halides is 1. The predicted molar refractivity (Wildman–Crippen MR) is 69.1 cm³/mol. The first-order chi connectivity index (χ1) is 8.76. The van der Waals surface area contributed by atoms with Crippen molar-refractivity contribution < 1.29 is 9.59 Å². The van der Waals surface area contributed by atoms with Gasteiger partial charge in [-0.2, -0.15) is 0 Å². The van der Waals surface area contributed by atoms with Crippen molar-refractivity contribution in [1.29, 1.82) is 0 Å². The second kappa shape index (κ2) is 5.82. The van der Waals surface area contributed by atoms with Gasteiger partial charge in [-0.25, -0.2) is 4.98 Å². The van der Waals surface area contributed by atoms with Gasteiger partial charge in [-0.15, -0.1) is 11.6 Å². The summed E-state index contributed by atoms with van der Waals surface area (Å²) >= 11 is 5.52. The van der Waals surface area contributed by atoms with E-state index >= 15 is 0 Å². The number of carbonyl (C=O) groups is 2. The minimum Gasteiger partial charge on any atom is -0.352 e. The molecule has 0 spiro atoms. The Morgan fingerprint density at radius 3 is 2.72 bits per heavy atom. The molecule has 1 amide bonds. The van der Waals surface area contributed by atoms with Gasteiger partial charge in [-0.1, -0.05) is 0 Å². The summed E-state index contributed by atoms with van der Waals surface area (Å²) in [5, 5.41) is 0. The Kier molecular flexibility index (Phi) is 4.15. The third kappa shape index (κ3) is 2.61. The second-order valence-electron chi connectivity index (χ2n) is 4.04. The summed E-state index contributed by atoms with van der Waals surface area (Å²) in [5.74, 6) is 0.654. The van der Waals surface area contributed by atoms with E-state index in [0.29, 0.717) is 37.6 Å². The van der Waals surface area contributed by atoms with Crippen molar-refractivity contribution in [3.63, 3.8) is 0 Å². The van der Waals surface area contributed by atoms with Crippen LogP contribution in [0.15, 0.2) is 18.3 Å². The number of halogens is 1. The Labute approximate surface area is 110 Å².